The molecular formula is C22H21N3O4S2. The highest BCUT2D eigenvalue weighted by Crippen LogP contribution is 2.60. The number of benzene rings is 2. The minimum Gasteiger partial charge on any atom is -0.465 e. The van der Waals surface area contributed by atoms with Crippen molar-refractivity contribution in [1.82, 2.24) is 0 Å². The molecule has 1 atom stereocenters. The van der Waals surface area contributed by atoms with Gasteiger partial charge in [-0.3, -0.25) is 0 Å². The standard InChI is InChI=1S/C22H21N3O4S2/c1-4-29-21(27)19-23-25(17-13-9-6-10-14-17)22(31-19)24(16-11-7-5-8-12-16)15(2)18(30-22)20(26)28-3/h5-14H,4H2,1-3H3. The number of nitrogens with zero attached hydrogens (tertiary/aromatic N) is 3. The number of carbonyl (C=O) groups excluding carboxylic acids is 2. The van der Waals surface area contributed by atoms with Gasteiger partial charge in [-0.25, -0.2) is 14.6 Å². The molecule has 0 amide bonds. The Hall–Kier alpha value is -2.91. The molecule has 2 aromatic carbocycles. The lowest BCUT2D eigenvalue weighted by Gasteiger charge is -2.41. The molecule has 2 heterocycles. The Bertz CT molecular complexity index is 1060. The number of methoxy groups -OCH3 is 1. The molecule has 0 aromatic heterocycles. The lowest BCUT2D eigenvalue weighted by Crippen LogP contribution is -2.49. The van der Waals surface area contributed by atoms with Gasteiger partial charge >= 0.3 is 11.9 Å². The highest BCUT2D eigenvalue weighted by Gasteiger charge is 2.58. The normalized spacial score (nSPS) is 20.3. The third-order valence-electron chi connectivity index (χ3n) is 4.71. The summed E-state index contributed by atoms with van der Waals surface area (Å²) < 4.78 is 9.30. The molecule has 1 spiro atoms. The number of esters is 2. The van der Waals surface area contributed by atoms with Crippen LogP contribution in [0.4, 0.5) is 11.4 Å². The summed E-state index contributed by atoms with van der Waals surface area (Å²) in [7, 11) is 1.36. The number of hydrogen-bond donors (Lipinski definition) is 0. The van der Waals surface area contributed by atoms with Crippen LogP contribution in [-0.2, 0) is 19.1 Å². The zero-order valence-electron chi connectivity index (χ0n) is 17.3. The van der Waals surface area contributed by atoms with E-state index < -0.39 is 16.3 Å². The molecule has 0 saturated carbocycles. The Balaban J connectivity index is 1.88. The van der Waals surface area contributed by atoms with Crippen molar-refractivity contribution >= 4 is 51.9 Å². The average molecular weight is 456 g/mol. The maximum Gasteiger partial charge on any atom is 0.365 e. The van der Waals surface area contributed by atoms with Crippen molar-refractivity contribution in [3.8, 4) is 0 Å². The number of para-hydroxylation sites is 2. The molecule has 4 rings (SSSR count). The van der Waals surface area contributed by atoms with Crippen molar-refractivity contribution in [1.29, 1.82) is 0 Å². The molecule has 7 nitrogen and oxygen atoms in total. The second-order valence-electron chi connectivity index (χ2n) is 6.60. The number of rotatable bonds is 5. The first-order valence-corrected chi connectivity index (χ1v) is 11.3. The van der Waals surface area contributed by atoms with Gasteiger partial charge in [0.2, 0.25) is 9.37 Å². The number of thioether (sulfide) groups is 2. The second kappa shape index (κ2) is 8.68. The molecule has 0 N–H and O–H groups in total. The van der Waals surface area contributed by atoms with Gasteiger partial charge in [0.15, 0.2) is 0 Å². The number of anilines is 2. The number of allylic oxidation sites excluding steroid dienone is 1. The molecular weight excluding hydrogens is 434 g/mol. The highest BCUT2D eigenvalue weighted by molar-refractivity contribution is 8.29. The third-order valence-corrected chi connectivity index (χ3v) is 7.56. The van der Waals surface area contributed by atoms with Crippen LogP contribution < -0.4 is 9.91 Å². The molecule has 9 heteroatoms. The zero-order valence-corrected chi connectivity index (χ0v) is 18.9. The number of hydrazone groups is 1. The van der Waals surface area contributed by atoms with E-state index in [1.54, 1.807) is 11.9 Å². The molecule has 0 fully saturated rings. The number of hydrogen-bond acceptors (Lipinski definition) is 9. The molecule has 31 heavy (non-hydrogen) atoms. The van der Waals surface area contributed by atoms with Gasteiger partial charge in [-0.05, 0) is 49.9 Å². The van der Waals surface area contributed by atoms with Crippen molar-refractivity contribution in [3.63, 3.8) is 0 Å². The van der Waals surface area contributed by atoms with Gasteiger partial charge in [0.1, 0.15) is 4.91 Å². The van der Waals surface area contributed by atoms with Crippen molar-refractivity contribution < 1.29 is 19.1 Å². The van der Waals surface area contributed by atoms with E-state index in [-0.39, 0.29) is 11.7 Å². The number of carbonyl (C=O) groups is 2. The maximum absolute atomic E-state index is 12.6. The van der Waals surface area contributed by atoms with Gasteiger partial charge in [-0.15, -0.1) is 0 Å². The van der Waals surface area contributed by atoms with Crippen LogP contribution in [0.5, 0.6) is 0 Å². The Kier molecular flexibility index (Phi) is 5.97. The Morgan fingerprint density at radius 1 is 0.968 bits per heavy atom. The van der Waals surface area contributed by atoms with E-state index in [0.29, 0.717) is 4.91 Å². The van der Waals surface area contributed by atoms with Crippen molar-refractivity contribution in [2.75, 3.05) is 23.6 Å². The first-order chi connectivity index (χ1) is 15.0. The summed E-state index contributed by atoms with van der Waals surface area (Å²) >= 11 is 2.55. The molecule has 0 saturated heterocycles. The first kappa shape index (κ1) is 21.3. The fourth-order valence-corrected chi connectivity index (χ4v) is 6.37. The maximum atomic E-state index is 12.6. The number of ether oxygens (including phenoxy) is 2. The summed E-state index contributed by atoms with van der Waals surface area (Å²) in [6.07, 6.45) is 0. The van der Waals surface area contributed by atoms with E-state index >= 15 is 0 Å². The average Bonchev–Trinajstić information content (AvgIpc) is 3.32. The van der Waals surface area contributed by atoms with E-state index in [1.165, 1.54) is 30.6 Å². The quantitative estimate of drug-likeness (QED) is 0.615. The van der Waals surface area contributed by atoms with Crippen molar-refractivity contribution in [2.24, 2.45) is 5.10 Å². The summed E-state index contributed by atoms with van der Waals surface area (Å²) in [6, 6.07) is 19.2. The van der Waals surface area contributed by atoms with Gasteiger partial charge in [-0.2, -0.15) is 5.10 Å². The first-order valence-electron chi connectivity index (χ1n) is 9.65. The molecule has 2 aliphatic heterocycles. The largest absolute Gasteiger partial charge is 0.465 e. The van der Waals surface area contributed by atoms with E-state index in [9.17, 15) is 9.59 Å². The summed E-state index contributed by atoms with van der Waals surface area (Å²) in [6.45, 7) is 3.87. The molecule has 160 valence electrons. The predicted molar refractivity (Wildman–Crippen MR) is 125 cm³/mol. The highest BCUT2D eigenvalue weighted by atomic mass is 32.2. The van der Waals surface area contributed by atoms with Gasteiger partial charge in [0.25, 0.3) is 0 Å². The lowest BCUT2D eigenvalue weighted by atomic mass is 10.2. The van der Waals surface area contributed by atoms with Gasteiger partial charge < -0.3 is 14.4 Å². The van der Waals surface area contributed by atoms with E-state index in [2.05, 4.69) is 5.10 Å². The van der Waals surface area contributed by atoms with Crippen LogP contribution in [-0.4, -0.2) is 35.0 Å². The van der Waals surface area contributed by atoms with E-state index in [4.69, 9.17) is 9.47 Å². The Labute approximate surface area is 189 Å². The third kappa shape index (κ3) is 3.68. The summed E-state index contributed by atoms with van der Waals surface area (Å²) in [5, 5.41) is 6.62. The zero-order chi connectivity index (χ0) is 22.0. The van der Waals surface area contributed by atoms with Crippen molar-refractivity contribution in [3.05, 3.63) is 71.3 Å². The minimum atomic E-state index is -0.974. The molecule has 1 unspecified atom stereocenters. The van der Waals surface area contributed by atoms with Crippen LogP contribution >= 0.6 is 23.5 Å². The molecule has 0 bridgehead atoms. The van der Waals surface area contributed by atoms with Gasteiger partial charge in [-0.1, -0.05) is 48.2 Å². The van der Waals surface area contributed by atoms with Crippen LogP contribution in [0.1, 0.15) is 13.8 Å². The van der Waals surface area contributed by atoms with Crippen LogP contribution in [0, 0.1) is 0 Å². The van der Waals surface area contributed by atoms with Gasteiger partial charge in [0, 0.05) is 11.4 Å². The SMILES string of the molecule is CCOC(=O)C1=NN(c2ccccc2)C2(S1)SC(C(=O)OC)=C(C)N2c1ccccc1. The Morgan fingerprint density at radius 3 is 2.16 bits per heavy atom. The van der Waals surface area contributed by atoms with Crippen LogP contribution in [0.3, 0.4) is 0 Å². The van der Waals surface area contributed by atoms with E-state index in [1.807, 2.05) is 72.5 Å². The topological polar surface area (TPSA) is 71.4 Å². The van der Waals surface area contributed by atoms with Crippen LogP contribution in [0.2, 0.25) is 0 Å². The minimum absolute atomic E-state index is 0.220. The van der Waals surface area contributed by atoms with Crippen LogP contribution in [0.15, 0.2) is 76.4 Å². The summed E-state index contributed by atoms with van der Waals surface area (Å²) in [5.41, 5.74) is 2.36. The molecule has 0 radical (unpaired) electrons. The smallest absolute Gasteiger partial charge is 0.365 e. The monoisotopic (exact) mass is 455 g/mol. The Morgan fingerprint density at radius 2 is 1.58 bits per heavy atom. The van der Waals surface area contributed by atoms with Gasteiger partial charge in [0.05, 0.1) is 19.4 Å². The fraction of sp³-hybridized carbons (Fsp3) is 0.227. The lowest BCUT2D eigenvalue weighted by molar-refractivity contribution is -0.135. The van der Waals surface area contributed by atoms with Crippen LogP contribution in [0.25, 0.3) is 0 Å². The molecule has 2 aromatic rings. The summed E-state index contributed by atoms with van der Waals surface area (Å²) in [5.74, 6) is -0.929. The van der Waals surface area contributed by atoms with Crippen molar-refractivity contribution in [2.45, 2.75) is 18.2 Å². The van der Waals surface area contributed by atoms with E-state index in [0.717, 1.165) is 17.1 Å². The molecule has 2 aliphatic rings. The molecule has 0 aliphatic carbocycles. The summed E-state index contributed by atoms with van der Waals surface area (Å²) in [4.78, 5) is 27.7. The fourth-order valence-electron chi connectivity index (χ4n) is 3.40. The predicted octanol–water partition coefficient (Wildman–Crippen LogP) is 4.39. The second-order valence-corrected chi connectivity index (χ2v) is 9.20.